The van der Waals surface area contributed by atoms with Crippen molar-refractivity contribution in [3.63, 3.8) is 0 Å². The molecule has 2 rings (SSSR count). The van der Waals surface area contributed by atoms with Crippen LogP contribution in [-0.4, -0.2) is 42.8 Å². The lowest BCUT2D eigenvalue weighted by atomic mass is 10.1. The normalized spacial score (nSPS) is 16.9. The Kier molecular flexibility index (Phi) is 5.88. The number of likely N-dealkylation sites (tertiary alicyclic amines) is 1. The van der Waals surface area contributed by atoms with E-state index >= 15 is 0 Å². The van der Waals surface area contributed by atoms with Crippen LogP contribution in [0.4, 0.5) is 4.79 Å². The fraction of sp³-hybridized carbons (Fsp3) is 0.611. The molecular formula is C18H28N2O3. The number of hydrogen-bond acceptors (Lipinski definition) is 4. The highest BCUT2D eigenvalue weighted by Crippen LogP contribution is 2.18. The number of carbonyl (C=O) groups excluding carboxylic acids is 1. The number of hydrogen-bond donors (Lipinski definition) is 1. The van der Waals surface area contributed by atoms with Gasteiger partial charge in [-0.3, -0.25) is 4.90 Å². The predicted molar refractivity (Wildman–Crippen MR) is 90.7 cm³/mol. The average molecular weight is 320 g/mol. The molecule has 0 aromatic heterocycles. The molecule has 1 fully saturated rings. The van der Waals surface area contributed by atoms with Crippen LogP contribution in [0.2, 0.25) is 0 Å². The number of rotatable bonds is 4. The summed E-state index contributed by atoms with van der Waals surface area (Å²) in [6.07, 6.45) is 1.47. The molecule has 1 aliphatic rings. The molecule has 1 heterocycles. The van der Waals surface area contributed by atoms with Gasteiger partial charge in [-0.2, -0.15) is 0 Å². The molecule has 0 unspecified atom stereocenters. The molecule has 0 bridgehead atoms. The maximum Gasteiger partial charge on any atom is 0.407 e. The smallest absolute Gasteiger partial charge is 0.407 e. The van der Waals surface area contributed by atoms with Gasteiger partial charge in [0.25, 0.3) is 0 Å². The van der Waals surface area contributed by atoms with Crippen molar-refractivity contribution in [3.8, 4) is 5.75 Å². The second-order valence-corrected chi connectivity index (χ2v) is 7.10. The number of piperidine rings is 1. The molecule has 1 N–H and O–H groups in total. The summed E-state index contributed by atoms with van der Waals surface area (Å²) >= 11 is 0. The highest BCUT2D eigenvalue weighted by atomic mass is 16.6. The van der Waals surface area contributed by atoms with Crippen LogP contribution in [0, 0.1) is 0 Å². The Labute approximate surface area is 139 Å². The monoisotopic (exact) mass is 320 g/mol. The molecule has 1 aromatic carbocycles. The number of ether oxygens (including phenoxy) is 2. The minimum absolute atomic E-state index is 0.0180. The van der Waals surface area contributed by atoms with Crippen LogP contribution in [-0.2, 0) is 11.3 Å². The highest BCUT2D eigenvalue weighted by Gasteiger charge is 2.24. The van der Waals surface area contributed by atoms with Crippen molar-refractivity contribution in [1.82, 2.24) is 10.2 Å². The molecule has 1 aliphatic heterocycles. The van der Waals surface area contributed by atoms with E-state index in [0.717, 1.165) is 38.2 Å². The summed E-state index contributed by atoms with van der Waals surface area (Å²) in [6, 6.07) is 8.17. The molecule has 1 amide bonds. The van der Waals surface area contributed by atoms with Gasteiger partial charge in [0.1, 0.15) is 11.9 Å². The second kappa shape index (κ2) is 7.68. The van der Waals surface area contributed by atoms with Gasteiger partial charge in [-0.15, -0.1) is 0 Å². The zero-order valence-corrected chi connectivity index (χ0v) is 14.6. The Morgan fingerprint density at radius 2 is 1.83 bits per heavy atom. The summed E-state index contributed by atoms with van der Waals surface area (Å²) in [7, 11) is 1.68. The van der Waals surface area contributed by atoms with Crippen LogP contribution < -0.4 is 10.1 Å². The number of alkyl carbamates (subject to hydrolysis) is 1. The first-order valence-electron chi connectivity index (χ1n) is 8.20. The van der Waals surface area contributed by atoms with Crippen LogP contribution in [0.25, 0.3) is 0 Å². The first kappa shape index (κ1) is 17.6. The quantitative estimate of drug-likeness (QED) is 0.926. The van der Waals surface area contributed by atoms with Gasteiger partial charge in [0.05, 0.1) is 7.11 Å². The number of nitrogens with one attached hydrogen (secondary N) is 1. The lowest BCUT2D eigenvalue weighted by molar-refractivity contribution is 0.0452. The van der Waals surface area contributed by atoms with Crippen molar-refractivity contribution in [2.45, 2.75) is 51.8 Å². The topological polar surface area (TPSA) is 50.8 Å². The minimum Gasteiger partial charge on any atom is -0.497 e. The van der Waals surface area contributed by atoms with E-state index in [2.05, 4.69) is 22.3 Å². The first-order valence-corrected chi connectivity index (χ1v) is 8.20. The average Bonchev–Trinajstić information content (AvgIpc) is 2.48. The Morgan fingerprint density at radius 1 is 1.22 bits per heavy atom. The number of methoxy groups -OCH3 is 1. The van der Waals surface area contributed by atoms with Crippen LogP contribution in [0.1, 0.15) is 39.2 Å². The molecule has 1 aromatic rings. The van der Waals surface area contributed by atoms with Gasteiger partial charge in [-0.25, -0.2) is 4.79 Å². The molecular weight excluding hydrogens is 292 g/mol. The van der Waals surface area contributed by atoms with E-state index in [0.29, 0.717) is 0 Å². The van der Waals surface area contributed by atoms with Crippen LogP contribution in [0.5, 0.6) is 5.75 Å². The standard InChI is InChI=1S/C18H28N2O3/c1-18(2,3)19-17(21)23-16-9-11-20(12-10-16)13-14-5-7-15(22-4)8-6-14/h5-8,16H,9-13H2,1-4H3,(H,19,21). The number of amides is 1. The Morgan fingerprint density at radius 3 is 2.35 bits per heavy atom. The van der Waals surface area contributed by atoms with E-state index in [9.17, 15) is 4.79 Å². The second-order valence-electron chi connectivity index (χ2n) is 7.10. The third-order valence-electron chi connectivity index (χ3n) is 3.85. The summed E-state index contributed by atoms with van der Waals surface area (Å²) in [4.78, 5) is 14.2. The van der Waals surface area contributed by atoms with Gasteiger partial charge in [0.15, 0.2) is 0 Å². The fourth-order valence-electron chi connectivity index (χ4n) is 2.66. The summed E-state index contributed by atoms with van der Waals surface area (Å²) in [5, 5.41) is 2.84. The Balaban J connectivity index is 1.74. The SMILES string of the molecule is COc1ccc(CN2CCC(OC(=O)NC(C)(C)C)CC2)cc1. The van der Waals surface area contributed by atoms with E-state index in [1.54, 1.807) is 7.11 Å². The van der Waals surface area contributed by atoms with E-state index in [4.69, 9.17) is 9.47 Å². The summed E-state index contributed by atoms with van der Waals surface area (Å²) in [5.41, 5.74) is 1.02. The van der Waals surface area contributed by atoms with Gasteiger partial charge >= 0.3 is 6.09 Å². The van der Waals surface area contributed by atoms with Crippen molar-refractivity contribution >= 4 is 6.09 Å². The molecule has 1 saturated heterocycles. The molecule has 0 spiro atoms. The molecule has 0 atom stereocenters. The van der Waals surface area contributed by atoms with E-state index in [1.807, 2.05) is 32.9 Å². The maximum absolute atomic E-state index is 11.8. The lowest BCUT2D eigenvalue weighted by Crippen LogP contribution is -2.44. The van der Waals surface area contributed by atoms with Gasteiger partial charge in [0.2, 0.25) is 0 Å². The summed E-state index contributed by atoms with van der Waals surface area (Å²) in [5.74, 6) is 0.880. The summed E-state index contributed by atoms with van der Waals surface area (Å²) < 4.78 is 10.7. The highest BCUT2D eigenvalue weighted by molar-refractivity contribution is 5.68. The zero-order valence-electron chi connectivity index (χ0n) is 14.6. The van der Waals surface area contributed by atoms with Gasteiger partial charge in [-0.1, -0.05) is 12.1 Å². The van der Waals surface area contributed by atoms with Crippen LogP contribution in [0.3, 0.4) is 0 Å². The molecule has 128 valence electrons. The van der Waals surface area contributed by atoms with Gasteiger partial charge in [-0.05, 0) is 51.3 Å². The Bertz CT molecular complexity index is 500. The number of benzene rings is 1. The molecule has 0 saturated carbocycles. The third kappa shape index (κ3) is 6.10. The van der Waals surface area contributed by atoms with Crippen molar-refractivity contribution < 1.29 is 14.3 Å². The van der Waals surface area contributed by atoms with Crippen molar-refractivity contribution in [2.24, 2.45) is 0 Å². The predicted octanol–water partition coefficient (Wildman–Crippen LogP) is 3.18. The van der Waals surface area contributed by atoms with Crippen molar-refractivity contribution in [1.29, 1.82) is 0 Å². The summed E-state index contributed by atoms with van der Waals surface area (Å²) in [6.45, 7) is 8.66. The molecule has 0 radical (unpaired) electrons. The van der Waals surface area contributed by atoms with Crippen LogP contribution >= 0.6 is 0 Å². The Hall–Kier alpha value is -1.75. The van der Waals surface area contributed by atoms with Gasteiger partial charge < -0.3 is 14.8 Å². The van der Waals surface area contributed by atoms with Crippen LogP contribution in [0.15, 0.2) is 24.3 Å². The minimum atomic E-state index is -0.314. The zero-order chi connectivity index (χ0) is 16.9. The largest absolute Gasteiger partial charge is 0.497 e. The molecule has 0 aliphatic carbocycles. The third-order valence-corrected chi connectivity index (χ3v) is 3.85. The van der Waals surface area contributed by atoms with Crippen molar-refractivity contribution in [3.05, 3.63) is 29.8 Å². The molecule has 5 heteroatoms. The van der Waals surface area contributed by atoms with Gasteiger partial charge in [0, 0.05) is 25.2 Å². The fourth-order valence-corrected chi connectivity index (χ4v) is 2.66. The molecule has 23 heavy (non-hydrogen) atoms. The number of carbonyl (C=O) groups is 1. The van der Waals surface area contributed by atoms with E-state index in [1.165, 1.54) is 5.56 Å². The molecule has 5 nitrogen and oxygen atoms in total. The lowest BCUT2D eigenvalue weighted by Gasteiger charge is -2.32. The van der Waals surface area contributed by atoms with Crippen molar-refractivity contribution in [2.75, 3.05) is 20.2 Å². The maximum atomic E-state index is 11.8. The first-order chi connectivity index (χ1) is 10.9. The number of nitrogens with zero attached hydrogens (tertiary/aromatic N) is 1. The van der Waals surface area contributed by atoms with E-state index in [-0.39, 0.29) is 17.7 Å². The van der Waals surface area contributed by atoms with E-state index < -0.39 is 0 Å².